The average Bonchev–Trinajstić information content (AvgIpc) is 2.71. The summed E-state index contributed by atoms with van der Waals surface area (Å²) in [6.45, 7) is -0.132. The molecule has 0 amide bonds. The summed E-state index contributed by atoms with van der Waals surface area (Å²) in [7, 11) is 0. The fraction of sp³-hybridized carbons (Fsp3) is 0.444. The molecule has 0 saturated carbocycles. The highest BCUT2D eigenvalue weighted by Crippen LogP contribution is 2.30. The Hall–Kier alpha value is -1.05. The van der Waals surface area contributed by atoms with Crippen LogP contribution < -0.4 is 11.3 Å². The summed E-state index contributed by atoms with van der Waals surface area (Å²) >= 11 is 1.38. The first kappa shape index (κ1) is 11.4. The fourth-order valence-electron chi connectivity index (χ4n) is 1.45. The third-order valence-electron chi connectivity index (χ3n) is 2.25. The van der Waals surface area contributed by atoms with E-state index in [1.807, 2.05) is 0 Å². The van der Waals surface area contributed by atoms with E-state index >= 15 is 0 Å². The molecule has 2 rings (SSSR count). The van der Waals surface area contributed by atoms with Gasteiger partial charge in [-0.25, -0.2) is 4.39 Å². The molecule has 2 atom stereocenters. The molecule has 88 valence electrons. The van der Waals surface area contributed by atoms with Crippen LogP contribution in [-0.2, 0) is 4.74 Å². The topological polar surface area (TPSA) is 77.5 Å². The molecule has 1 fully saturated rings. The number of halogens is 1. The van der Waals surface area contributed by atoms with Crippen molar-refractivity contribution in [3.8, 4) is 0 Å². The smallest absolute Gasteiger partial charge is 0.254 e. The maximum Gasteiger partial charge on any atom is 0.254 e. The summed E-state index contributed by atoms with van der Waals surface area (Å²) in [6.07, 6.45) is 0.479. The van der Waals surface area contributed by atoms with Gasteiger partial charge in [0.05, 0.1) is 12.3 Å². The number of nitrogens with two attached hydrogens (primary N) is 1. The minimum absolute atomic E-state index is 0.132. The highest BCUT2D eigenvalue weighted by atomic mass is 32.2. The van der Waals surface area contributed by atoms with Crippen molar-refractivity contribution in [2.45, 2.75) is 11.7 Å². The maximum atomic E-state index is 13.2. The van der Waals surface area contributed by atoms with E-state index in [4.69, 9.17) is 15.6 Å². The summed E-state index contributed by atoms with van der Waals surface area (Å²) in [4.78, 5) is 11.5. The minimum Gasteiger partial charge on any atom is -0.396 e. The number of aliphatic hydroxyl groups is 1. The second-order valence-corrected chi connectivity index (χ2v) is 4.55. The van der Waals surface area contributed by atoms with Gasteiger partial charge in [-0.1, -0.05) is 0 Å². The zero-order valence-electron chi connectivity index (χ0n) is 8.30. The summed E-state index contributed by atoms with van der Waals surface area (Å²) < 4.78 is 19.7. The van der Waals surface area contributed by atoms with Gasteiger partial charge in [0.25, 0.3) is 5.56 Å². The zero-order chi connectivity index (χ0) is 11.7. The van der Waals surface area contributed by atoms with Gasteiger partial charge in [0.15, 0.2) is 5.82 Å². The quantitative estimate of drug-likeness (QED) is 0.776. The number of pyridine rings is 1. The summed E-state index contributed by atoms with van der Waals surface area (Å²) in [5, 5.41) is 8.87. The normalized spacial score (nSPS) is 24.9. The van der Waals surface area contributed by atoms with Crippen molar-refractivity contribution in [2.75, 3.05) is 18.1 Å². The third kappa shape index (κ3) is 2.06. The van der Waals surface area contributed by atoms with Crippen LogP contribution in [-0.4, -0.2) is 27.5 Å². The van der Waals surface area contributed by atoms with E-state index in [1.54, 1.807) is 0 Å². The molecule has 1 aliphatic heterocycles. The number of ether oxygens (including phenoxy) is 1. The monoisotopic (exact) mass is 246 g/mol. The van der Waals surface area contributed by atoms with E-state index in [-0.39, 0.29) is 17.7 Å². The zero-order valence-corrected chi connectivity index (χ0v) is 9.11. The van der Waals surface area contributed by atoms with Crippen molar-refractivity contribution >= 4 is 17.4 Å². The van der Waals surface area contributed by atoms with E-state index in [9.17, 15) is 9.18 Å². The molecule has 0 aliphatic carbocycles. The van der Waals surface area contributed by atoms with E-state index in [1.165, 1.54) is 11.8 Å². The van der Waals surface area contributed by atoms with Gasteiger partial charge >= 0.3 is 0 Å². The molecular weight excluding hydrogens is 235 g/mol. The van der Waals surface area contributed by atoms with Gasteiger partial charge in [0.2, 0.25) is 0 Å². The number of aliphatic hydroxyl groups excluding tert-OH is 1. The van der Waals surface area contributed by atoms with Gasteiger partial charge < -0.3 is 15.6 Å². The van der Waals surface area contributed by atoms with E-state index in [0.717, 1.165) is 16.8 Å². The molecule has 5 nitrogen and oxygen atoms in total. The van der Waals surface area contributed by atoms with Crippen LogP contribution in [0.4, 0.5) is 10.1 Å². The second-order valence-electron chi connectivity index (χ2n) is 3.36. The van der Waals surface area contributed by atoms with Crippen LogP contribution in [0.1, 0.15) is 6.23 Å². The Morgan fingerprint density at radius 3 is 3.12 bits per heavy atom. The van der Waals surface area contributed by atoms with Crippen LogP contribution in [0.5, 0.6) is 0 Å². The van der Waals surface area contributed by atoms with Crippen LogP contribution in [0.25, 0.3) is 0 Å². The lowest BCUT2D eigenvalue weighted by molar-refractivity contribution is -0.00604. The third-order valence-corrected chi connectivity index (χ3v) is 3.36. The van der Waals surface area contributed by atoms with Crippen LogP contribution >= 0.6 is 11.8 Å². The molecule has 0 bridgehead atoms. The highest BCUT2D eigenvalue weighted by Gasteiger charge is 2.27. The molecule has 0 unspecified atom stereocenters. The SMILES string of the molecule is Nc1cc(=O)n([C@@H]2CS[C@H](CO)O2)cc1F. The molecule has 16 heavy (non-hydrogen) atoms. The molecule has 1 aliphatic rings. The molecule has 1 aromatic rings. The highest BCUT2D eigenvalue weighted by molar-refractivity contribution is 8.00. The summed E-state index contributed by atoms with van der Waals surface area (Å²) in [5.74, 6) is -0.158. The Balaban J connectivity index is 2.28. The summed E-state index contributed by atoms with van der Waals surface area (Å²) in [5.41, 5.74) is 4.31. The molecular formula is C9H11FN2O3S. The largest absolute Gasteiger partial charge is 0.396 e. The molecule has 2 heterocycles. The predicted octanol–water partition coefficient (Wildman–Crippen LogP) is 0.150. The average molecular weight is 246 g/mol. The number of nitrogen functional groups attached to an aromatic ring is 1. The van der Waals surface area contributed by atoms with Gasteiger partial charge in [-0.05, 0) is 0 Å². The Kier molecular flexibility index (Phi) is 3.17. The van der Waals surface area contributed by atoms with Gasteiger partial charge in [-0.3, -0.25) is 9.36 Å². The standard InChI is InChI=1S/C9H11FN2O3S/c10-5-2-12(7(14)1-6(5)11)8-4-16-9(3-13)15-8/h1-2,8-9,13H,3-4,11H2/t8-,9+/m0/s1. The number of aromatic nitrogens is 1. The number of rotatable bonds is 2. The van der Waals surface area contributed by atoms with Crippen molar-refractivity contribution in [1.82, 2.24) is 4.57 Å². The summed E-state index contributed by atoms with van der Waals surface area (Å²) in [6, 6.07) is 1.02. The first-order chi connectivity index (χ1) is 7.61. The lowest BCUT2D eigenvalue weighted by Crippen LogP contribution is -2.26. The first-order valence-corrected chi connectivity index (χ1v) is 5.72. The van der Waals surface area contributed by atoms with Crippen LogP contribution in [0.3, 0.4) is 0 Å². The van der Waals surface area contributed by atoms with Gasteiger partial charge in [0.1, 0.15) is 11.7 Å². The predicted molar refractivity (Wildman–Crippen MR) is 58.5 cm³/mol. The minimum atomic E-state index is -0.652. The van der Waals surface area contributed by atoms with Crippen molar-refractivity contribution in [1.29, 1.82) is 0 Å². The molecule has 0 spiro atoms. The van der Waals surface area contributed by atoms with Gasteiger partial charge in [-0.2, -0.15) is 0 Å². The molecule has 1 aromatic heterocycles. The molecule has 3 N–H and O–H groups in total. The van der Waals surface area contributed by atoms with Crippen molar-refractivity contribution in [2.24, 2.45) is 0 Å². The van der Waals surface area contributed by atoms with E-state index < -0.39 is 17.6 Å². The van der Waals surface area contributed by atoms with Crippen molar-refractivity contribution < 1.29 is 14.2 Å². The van der Waals surface area contributed by atoms with Gasteiger partial charge in [-0.15, -0.1) is 11.8 Å². The molecule has 1 saturated heterocycles. The molecule has 0 aromatic carbocycles. The number of nitrogens with zero attached hydrogens (tertiary/aromatic N) is 1. The van der Waals surface area contributed by atoms with E-state index in [2.05, 4.69) is 0 Å². The Labute approximate surface area is 95.0 Å². The number of hydrogen-bond donors (Lipinski definition) is 2. The van der Waals surface area contributed by atoms with Crippen LogP contribution in [0.2, 0.25) is 0 Å². The van der Waals surface area contributed by atoms with Crippen LogP contribution in [0.15, 0.2) is 17.1 Å². The Morgan fingerprint density at radius 1 is 1.75 bits per heavy atom. The van der Waals surface area contributed by atoms with E-state index in [0.29, 0.717) is 5.75 Å². The van der Waals surface area contributed by atoms with Gasteiger partial charge in [0, 0.05) is 18.0 Å². The lowest BCUT2D eigenvalue weighted by Gasteiger charge is -2.14. The van der Waals surface area contributed by atoms with Crippen molar-refractivity contribution in [3.05, 3.63) is 28.4 Å². The maximum absolute atomic E-state index is 13.2. The Bertz CT molecular complexity index is 451. The second kappa shape index (κ2) is 4.44. The molecule has 7 heteroatoms. The lowest BCUT2D eigenvalue weighted by atomic mass is 10.4. The van der Waals surface area contributed by atoms with Crippen molar-refractivity contribution in [3.63, 3.8) is 0 Å². The molecule has 0 radical (unpaired) electrons. The first-order valence-electron chi connectivity index (χ1n) is 4.67. The number of anilines is 1. The van der Waals surface area contributed by atoms with Crippen LogP contribution in [0, 0.1) is 5.82 Å². The number of hydrogen-bond acceptors (Lipinski definition) is 5. The Morgan fingerprint density at radius 2 is 2.50 bits per heavy atom. The number of thioether (sulfide) groups is 1. The fourth-order valence-corrected chi connectivity index (χ4v) is 2.38.